The highest BCUT2D eigenvalue weighted by atomic mass is 79.9. The summed E-state index contributed by atoms with van der Waals surface area (Å²) in [5.41, 5.74) is -0.576. The van der Waals surface area contributed by atoms with Gasteiger partial charge in [-0.1, -0.05) is 42.8 Å². The SMILES string of the molecule is CC[C@@H](C)Oc1c(OC)cc(C=Nn2c(-c3cccc(C(F)(F)F)c3)nc3ccccc3c2=O)c(Br)c1Cl. The van der Waals surface area contributed by atoms with Gasteiger partial charge in [-0.3, -0.25) is 4.79 Å². The number of nitrogens with zero attached hydrogens (tertiary/aromatic N) is 3. The topological polar surface area (TPSA) is 65.7 Å². The van der Waals surface area contributed by atoms with Crippen molar-refractivity contribution in [1.29, 1.82) is 0 Å². The van der Waals surface area contributed by atoms with Gasteiger partial charge >= 0.3 is 6.18 Å². The first-order valence-corrected chi connectivity index (χ1v) is 12.7. The molecule has 1 heterocycles. The summed E-state index contributed by atoms with van der Waals surface area (Å²) in [6.45, 7) is 3.87. The maximum atomic E-state index is 13.4. The van der Waals surface area contributed by atoms with E-state index in [1.807, 2.05) is 13.8 Å². The number of methoxy groups -OCH3 is 1. The van der Waals surface area contributed by atoms with Crippen molar-refractivity contribution < 1.29 is 22.6 Å². The molecule has 0 saturated carbocycles. The van der Waals surface area contributed by atoms with E-state index in [0.717, 1.165) is 23.2 Å². The molecular formula is C27H22BrClF3N3O3. The second-order valence-corrected chi connectivity index (χ2v) is 9.53. The third-order valence-electron chi connectivity index (χ3n) is 5.78. The van der Waals surface area contributed by atoms with Crippen LogP contribution in [0.4, 0.5) is 13.2 Å². The minimum absolute atomic E-state index is 0.0537. The molecule has 0 N–H and O–H groups in total. The molecule has 0 amide bonds. The van der Waals surface area contributed by atoms with Gasteiger partial charge in [-0.15, -0.1) is 0 Å². The van der Waals surface area contributed by atoms with Crippen LogP contribution in [0.2, 0.25) is 5.02 Å². The van der Waals surface area contributed by atoms with E-state index in [9.17, 15) is 18.0 Å². The first-order valence-electron chi connectivity index (χ1n) is 11.5. The molecule has 0 spiro atoms. The Morgan fingerprint density at radius 3 is 2.61 bits per heavy atom. The van der Waals surface area contributed by atoms with Gasteiger partial charge in [-0.2, -0.15) is 22.9 Å². The minimum atomic E-state index is -4.57. The summed E-state index contributed by atoms with van der Waals surface area (Å²) in [6, 6.07) is 12.7. The van der Waals surface area contributed by atoms with Crippen molar-refractivity contribution in [2.24, 2.45) is 5.10 Å². The Labute approximate surface area is 229 Å². The molecule has 38 heavy (non-hydrogen) atoms. The second kappa shape index (κ2) is 11.2. The summed E-state index contributed by atoms with van der Waals surface area (Å²) >= 11 is 10.0. The maximum absolute atomic E-state index is 13.4. The lowest BCUT2D eigenvalue weighted by Crippen LogP contribution is -2.20. The Kier molecular flexibility index (Phi) is 8.13. The molecule has 0 aliphatic heterocycles. The van der Waals surface area contributed by atoms with Gasteiger partial charge in [0.25, 0.3) is 5.56 Å². The molecule has 1 atom stereocenters. The summed E-state index contributed by atoms with van der Waals surface area (Å²) < 4.78 is 53.0. The second-order valence-electron chi connectivity index (χ2n) is 8.35. The maximum Gasteiger partial charge on any atom is 0.416 e. The van der Waals surface area contributed by atoms with Crippen LogP contribution in [-0.4, -0.2) is 29.1 Å². The molecule has 198 valence electrons. The number of hydrogen-bond donors (Lipinski definition) is 0. The third kappa shape index (κ3) is 5.56. The van der Waals surface area contributed by atoms with Crippen molar-refractivity contribution in [2.45, 2.75) is 32.5 Å². The molecule has 4 rings (SSSR count). The van der Waals surface area contributed by atoms with E-state index < -0.39 is 17.3 Å². The van der Waals surface area contributed by atoms with E-state index in [-0.39, 0.29) is 27.9 Å². The van der Waals surface area contributed by atoms with Gasteiger partial charge < -0.3 is 9.47 Å². The highest BCUT2D eigenvalue weighted by molar-refractivity contribution is 9.10. The Hall–Kier alpha value is -3.37. The molecule has 0 aliphatic rings. The molecule has 0 fully saturated rings. The zero-order valence-corrected chi connectivity index (χ0v) is 22.9. The van der Waals surface area contributed by atoms with Crippen LogP contribution in [0.5, 0.6) is 11.5 Å². The molecule has 3 aromatic carbocycles. The lowest BCUT2D eigenvalue weighted by molar-refractivity contribution is -0.137. The van der Waals surface area contributed by atoms with Crippen LogP contribution in [0.25, 0.3) is 22.3 Å². The minimum Gasteiger partial charge on any atom is -0.493 e. The first kappa shape index (κ1) is 27.7. The Morgan fingerprint density at radius 2 is 1.92 bits per heavy atom. The highest BCUT2D eigenvalue weighted by Crippen LogP contribution is 2.42. The molecule has 6 nitrogen and oxygen atoms in total. The predicted octanol–water partition coefficient (Wildman–Crippen LogP) is 7.57. The van der Waals surface area contributed by atoms with Crippen LogP contribution in [0, 0.1) is 0 Å². The van der Waals surface area contributed by atoms with E-state index in [2.05, 4.69) is 26.0 Å². The van der Waals surface area contributed by atoms with Crippen LogP contribution in [0.15, 0.2) is 69.0 Å². The van der Waals surface area contributed by atoms with Crippen molar-refractivity contribution in [3.63, 3.8) is 0 Å². The largest absolute Gasteiger partial charge is 0.493 e. The molecule has 0 saturated heterocycles. The van der Waals surface area contributed by atoms with Crippen molar-refractivity contribution in [3.8, 4) is 22.9 Å². The zero-order chi connectivity index (χ0) is 27.6. The number of ether oxygens (including phenoxy) is 2. The first-order chi connectivity index (χ1) is 18.0. The fourth-order valence-corrected chi connectivity index (χ4v) is 4.26. The van der Waals surface area contributed by atoms with Gasteiger partial charge in [0, 0.05) is 15.6 Å². The van der Waals surface area contributed by atoms with Crippen LogP contribution >= 0.6 is 27.5 Å². The Bertz CT molecular complexity index is 1590. The number of alkyl halides is 3. The average molecular weight is 609 g/mol. The van der Waals surface area contributed by atoms with E-state index in [4.69, 9.17) is 21.1 Å². The summed E-state index contributed by atoms with van der Waals surface area (Å²) in [5, 5.41) is 4.83. The molecule has 11 heteroatoms. The number of para-hydroxylation sites is 1. The quantitative estimate of drug-likeness (QED) is 0.203. The lowest BCUT2D eigenvalue weighted by atomic mass is 10.1. The van der Waals surface area contributed by atoms with E-state index >= 15 is 0 Å². The molecular weight excluding hydrogens is 587 g/mol. The molecule has 0 radical (unpaired) electrons. The van der Waals surface area contributed by atoms with Gasteiger partial charge in [0.05, 0.1) is 35.9 Å². The van der Waals surface area contributed by atoms with E-state index in [1.165, 1.54) is 25.5 Å². The predicted molar refractivity (Wildman–Crippen MR) is 146 cm³/mol. The molecule has 1 aromatic heterocycles. The van der Waals surface area contributed by atoms with E-state index in [1.54, 1.807) is 30.3 Å². The highest BCUT2D eigenvalue weighted by Gasteiger charge is 2.31. The normalized spacial score (nSPS) is 12.7. The molecule has 0 bridgehead atoms. The van der Waals surface area contributed by atoms with Crippen molar-refractivity contribution >= 4 is 44.6 Å². The number of rotatable bonds is 7. The number of benzene rings is 3. The number of fused-ring (bicyclic) bond motifs is 1. The smallest absolute Gasteiger partial charge is 0.416 e. The monoisotopic (exact) mass is 607 g/mol. The van der Waals surface area contributed by atoms with Gasteiger partial charge in [-0.25, -0.2) is 4.98 Å². The summed E-state index contributed by atoms with van der Waals surface area (Å²) in [7, 11) is 1.47. The molecule has 0 unspecified atom stereocenters. The van der Waals surface area contributed by atoms with Crippen LogP contribution < -0.4 is 15.0 Å². The van der Waals surface area contributed by atoms with Gasteiger partial charge in [-0.05, 0) is 59.6 Å². The van der Waals surface area contributed by atoms with Gasteiger partial charge in [0.1, 0.15) is 5.02 Å². The third-order valence-corrected chi connectivity index (χ3v) is 7.23. The fraction of sp³-hybridized carbons (Fsp3) is 0.222. The van der Waals surface area contributed by atoms with Crippen molar-refractivity contribution in [1.82, 2.24) is 9.66 Å². The van der Waals surface area contributed by atoms with E-state index in [0.29, 0.717) is 27.1 Å². The molecule has 0 aliphatic carbocycles. The van der Waals surface area contributed by atoms with Gasteiger partial charge in [0.15, 0.2) is 17.3 Å². The number of aromatic nitrogens is 2. The lowest BCUT2D eigenvalue weighted by Gasteiger charge is -2.18. The fourth-order valence-electron chi connectivity index (χ4n) is 3.62. The van der Waals surface area contributed by atoms with Crippen LogP contribution in [0.1, 0.15) is 31.4 Å². The number of hydrogen-bond acceptors (Lipinski definition) is 5. The Morgan fingerprint density at radius 1 is 1.18 bits per heavy atom. The summed E-state index contributed by atoms with van der Waals surface area (Å²) in [6.07, 6.45) is -2.60. The number of halogens is 5. The standard InChI is InChI=1S/C27H22BrClF3N3O3/c1-4-15(2)38-24-21(37-3)13-17(22(28)23(24)29)14-33-35-25(16-8-7-9-18(12-16)27(30,31)32)34-20-11-6-5-10-19(20)26(35)36/h5-15H,4H2,1-3H3/t15-/m1/s1. The van der Waals surface area contributed by atoms with Crippen molar-refractivity contribution in [3.05, 3.63) is 85.6 Å². The van der Waals surface area contributed by atoms with Crippen LogP contribution in [0.3, 0.4) is 0 Å². The zero-order valence-electron chi connectivity index (χ0n) is 20.5. The summed E-state index contributed by atoms with van der Waals surface area (Å²) in [4.78, 5) is 17.9. The van der Waals surface area contributed by atoms with Gasteiger partial charge in [0.2, 0.25) is 0 Å². The van der Waals surface area contributed by atoms with Crippen molar-refractivity contribution in [2.75, 3.05) is 7.11 Å². The average Bonchev–Trinajstić information content (AvgIpc) is 2.91. The Balaban J connectivity index is 1.90. The van der Waals surface area contributed by atoms with Crippen LogP contribution in [-0.2, 0) is 6.18 Å². The summed E-state index contributed by atoms with van der Waals surface area (Å²) in [5.74, 6) is 0.644. The molecule has 4 aromatic rings.